The van der Waals surface area contributed by atoms with Crippen LogP contribution >= 0.6 is 23.8 Å². The van der Waals surface area contributed by atoms with Crippen LogP contribution in [0.25, 0.3) is 6.08 Å². The number of hydrogen-bond acceptors (Lipinski definition) is 3. The van der Waals surface area contributed by atoms with Gasteiger partial charge in [-0.1, -0.05) is 11.6 Å². The minimum atomic E-state index is 0.120. The van der Waals surface area contributed by atoms with Crippen molar-refractivity contribution in [3.63, 3.8) is 0 Å². The van der Waals surface area contributed by atoms with Crippen LogP contribution in [0.5, 0.6) is 5.75 Å². The fourth-order valence-corrected chi connectivity index (χ4v) is 1.36. The lowest BCUT2D eigenvalue weighted by atomic mass is 10.2. The molecule has 17 heavy (non-hydrogen) atoms. The van der Waals surface area contributed by atoms with Crippen LogP contribution in [0.1, 0.15) is 5.56 Å². The zero-order valence-electron chi connectivity index (χ0n) is 9.18. The highest BCUT2D eigenvalue weighted by Gasteiger charge is 1.99. The largest absolute Gasteiger partial charge is 0.496 e. The Morgan fingerprint density at radius 3 is 3.00 bits per heavy atom. The summed E-state index contributed by atoms with van der Waals surface area (Å²) in [5.74, 6) is 0.737. The van der Waals surface area contributed by atoms with E-state index in [-0.39, 0.29) is 5.11 Å². The van der Waals surface area contributed by atoms with Gasteiger partial charge in [0.05, 0.1) is 7.11 Å². The van der Waals surface area contributed by atoms with Gasteiger partial charge in [0, 0.05) is 16.8 Å². The fraction of sp³-hybridized carbons (Fsp3) is 0.0909. The van der Waals surface area contributed by atoms with E-state index in [1.54, 1.807) is 31.4 Å². The smallest absolute Gasteiger partial charge is 0.184 e. The lowest BCUT2D eigenvalue weighted by Crippen LogP contribution is -2.23. The van der Waals surface area contributed by atoms with Crippen molar-refractivity contribution in [2.24, 2.45) is 10.8 Å². The van der Waals surface area contributed by atoms with Crippen molar-refractivity contribution in [2.45, 2.75) is 0 Å². The molecule has 0 saturated carbocycles. The molecule has 0 fully saturated rings. The number of hydrazone groups is 1. The summed E-state index contributed by atoms with van der Waals surface area (Å²) < 4.78 is 5.18. The Morgan fingerprint density at radius 2 is 2.35 bits per heavy atom. The highest BCUT2D eigenvalue weighted by atomic mass is 35.5. The van der Waals surface area contributed by atoms with Crippen LogP contribution in [0.2, 0.25) is 5.02 Å². The Bertz CT molecular complexity index is 460. The molecule has 0 aliphatic rings. The third-order valence-corrected chi connectivity index (χ3v) is 2.13. The maximum Gasteiger partial charge on any atom is 0.184 e. The SMILES string of the molecule is COc1ccc(Cl)cc1/C=C\C=N\NC(N)=S. The number of nitrogens with two attached hydrogens (primary N) is 1. The van der Waals surface area contributed by atoms with E-state index in [2.05, 4.69) is 22.7 Å². The molecule has 3 N–H and O–H groups in total. The Kier molecular flexibility index (Phi) is 5.45. The first-order valence-electron chi connectivity index (χ1n) is 4.72. The van der Waals surface area contributed by atoms with E-state index in [0.717, 1.165) is 11.3 Å². The molecule has 0 saturated heterocycles. The Balaban J connectivity index is 2.73. The van der Waals surface area contributed by atoms with Gasteiger partial charge >= 0.3 is 0 Å². The van der Waals surface area contributed by atoms with E-state index >= 15 is 0 Å². The Morgan fingerprint density at radius 1 is 1.59 bits per heavy atom. The molecule has 0 heterocycles. The van der Waals surface area contributed by atoms with E-state index in [4.69, 9.17) is 22.1 Å². The highest BCUT2D eigenvalue weighted by Crippen LogP contribution is 2.23. The lowest BCUT2D eigenvalue weighted by molar-refractivity contribution is 0.414. The topological polar surface area (TPSA) is 59.6 Å². The summed E-state index contributed by atoms with van der Waals surface area (Å²) in [7, 11) is 1.60. The van der Waals surface area contributed by atoms with Crippen LogP contribution in [0, 0.1) is 0 Å². The quantitative estimate of drug-likeness (QED) is 0.500. The monoisotopic (exact) mass is 269 g/mol. The third kappa shape index (κ3) is 4.84. The second-order valence-corrected chi connectivity index (χ2v) is 3.88. The van der Waals surface area contributed by atoms with Crippen molar-refractivity contribution in [1.82, 2.24) is 5.43 Å². The number of hydrogen-bond donors (Lipinski definition) is 2. The zero-order chi connectivity index (χ0) is 12.7. The Hall–Kier alpha value is -1.59. The van der Waals surface area contributed by atoms with Gasteiger partial charge in [-0.15, -0.1) is 0 Å². The van der Waals surface area contributed by atoms with E-state index in [1.807, 2.05) is 6.08 Å². The molecule has 0 aliphatic carbocycles. The fourth-order valence-electron chi connectivity index (χ4n) is 1.13. The van der Waals surface area contributed by atoms with Gasteiger partial charge in [0.25, 0.3) is 0 Å². The first-order valence-corrected chi connectivity index (χ1v) is 5.51. The zero-order valence-corrected chi connectivity index (χ0v) is 10.8. The number of rotatable bonds is 4. The molecule has 0 spiro atoms. The second kappa shape index (κ2) is 6.88. The average molecular weight is 270 g/mol. The van der Waals surface area contributed by atoms with Crippen LogP contribution in [0.15, 0.2) is 29.4 Å². The predicted molar refractivity (Wildman–Crippen MR) is 75.5 cm³/mol. The summed E-state index contributed by atoms with van der Waals surface area (Å²) in [5.41, 5.74) is 8.50. The maximum absolute atomic E-state index is 5.89. The summed E-state index contributed by atoms with van der Waals surface area (Å²) in [4.78, 5) is 0. The van der Waals surface area contributed by atoms with Gasteiger partial charge in [-0.2, -0.15) is 5.10 Å². The van der Waals surface area contributed by atoms with Crippen molar-refractivity contribution in [3.8, 4) is 5.75 Å². The molecule has 4 nitrogen and oxygen atoms in total. The predicted octanol–water partition coefficient (Wildman–Crippen LogP) is 2.18. The van der Waals surface area contributed by atoms with Gasteiger partial charge in [0.2, 0.25) is 0 Å². The molecular formula is C11H12ClN3OS. The molecule has 1 rings (SSSR count). The highest BCUT2D eigenvalue weighted by molar-refractivity contribution is 7.80. The summed E-state index contributed by atoms with van der Waals surface area (Å²) in [6.45, 7) is 0. The first kappa shape index (κ1) is 13.5. The number of ether oxygens (including phenoxy) is 1. The number of nitrogens with zero attached hydrogens (tertiary/aromatic N) is 1. The molecule has 0 atom stereocenters. The van der Waals surface area contributed by atoms with Gasteiger partial charge in [-0.05, 0) is 42.6 Å². The molecule has 0 radical (unpaired) electrons. The molecule has 0 amide bonds. The summed E-state index contributed by atoms with van der Waals surface area (Å²) in [6.07, 6.45) is 5.06. The number of nitrogens with one attached hydrogen (secondary N) is 1. The number of benzene rings is 1. The lowest BCUT2D eigenvalue weighted by Gasteiger charge is -2.04. The number of thiocarbonyl (C=S) groups is 1. The van der Waals surface area contributed by atoms with Gasteiger partial charge in [0.1, 0.15) is 5.75 Å². The van der Waals surface area contributed by atoms with Crippen molar-refractivity contribution < 1.29 is 4.74 Å². The summed E-state index contributed by atoms with van der Waals surface area (Å²) >= 11 is 10.5. The summed E-state index contributed by atoms with van der Waals surface area (Å²) in [6, 6.07) is 5.36. The van der Waals surface area contributed by atoms with Crippen molar-refractivity contribution in [2.75, 3.05) is 7.11 Å². The van der Waals surface area contributed by atoms with E-state index in [1.165, 1.54) is 6.21 Å². The molecular weight excluding hydrogens is 258 g/mol. The molecule has 1 aromatic rings. The number of allylic oxidation sites excluding steroid dienone is 1. The number of methoxy groups -OCH3 is 1. The van der Waals surface area contributed by atoms with E-state index in [0.29, 0.717) is 5.02 Å². The standard InChI is InChI=1S/C11H12ClN3OS/c1-16-10-5-4-9(12)7-8(10)3-2-6-14-15-11(13)17/h2-7H,1H3,(H3,13,15,17)/b3-2-,14-6+. The molecule has 90 valence electrons. The number of halogens is 1. The molecule has 0 bridgehead atoms. The molecule has 0 aromatic heterocycles. The van der Waals surface area contributed by atoms with Crippen LogP contribution in [0.4, 0.5) is 0 Å². The van der Waals surface area contributed by atoms with Gasteiger partial charge in [-0.25, -0.2) is 0 Å². The minimum absolute atomic E-state index is 0.120. The second-order valence-electron chi connectivity index (χ2n) is 3.00. The maximum atomic E-state index is 5.89. The molecule has 0 unspecified atom stereocenters. The van der Waals surface area contributed by atoms with Crippen molar-refractivity contribution >= 4 is 41.2 Å². The van der Waals surface area contributed by atoms with Gasteiger partial charge in [-0.3, -0.25) is 5.43 Å². The average Bonchev–Trinajstić information content (AvgIpc) is 2.28. The summed E-state index contributed by atoms with van der Waals surface area (Å²) in [5, 5.41) is 4.52. The third-order valence-electron chi connectivity index (χ3n) is 1.80. The molecule has 1 aromatic carbocycles. The van der Waals surface area contributed by atoms with Gasteiger partial charge < -0.3 is 10.5 Å². The molecule has 6 heteroatoms. The van der Waals surface area contributed by atoms with E-state index < -0.39 is 0 Å². The van der Waals surface area contributed by atoms with Crippen molar-refractivity contribution in [3.05, 3.63) is 34.9 Å². The van der Waals surface area contributed by atoms with Crippen LogP contribution in [-0.2, 0) is 0 Å². The van der Waals surface area contributed by atoms with Crippen molar-refractivity contribution in [1.29, 1.82) is 0 Å². The minimum Gasteiger partial charge on any atom is -0.496 e. The van der Waals surface area contributed by atoms with E-state index in [9.17, 15) is 0 Å². The first-order chi connectivity index (χ1) is 8.13. The normalized spacial score (nSPS) is 10.9. The van der Waals surface area contributed by atoms with Crippen LogP contribution in [0.3, 0.4) is 0 Å². The Labute approximate surface area is 110 Å². The van der Waals surface area contributed by atoms with Crippen LogP contribution in [-0.4, -0.2) is 18.4 Å². The van der Waals surface area contributed by atoms with Crippen LogP contribution < -0.4 is 15.9 Å². The van der Waals surface area contributed by atoms with Gasteiger partial charge in [0.15, 0.2) is 5.11 Å². The molecule has 0 aliphatic heterocycles.